The summed E-state index contributed by atoms with van der Waals surface area (Å²) in [6.07, 6.45) is 0. The van der Waals surface area contributed by atoms with Gasteiger partial charge in [0.15, 0.2) is 5.96 Å². The Bertz CT molecular complexity index is 790. The zero-order valence-electron chi connectivity index (χ0n) is 17.4. The monoisotopic (exact) mass is 544 g/mol. The minimum atomic E-state index is -0.190. The maximum atomic E-state index is 12.1. The number of benzene rings is 2. The van der Waals surface area contributed by atoms with Gasteiger partial charge >= 0.3 is 0 Å². The van der Waals surface area contributed by atoms with Gasteiger partial charge in [-0.2, -0.15) is 0 Å². The normalized spacial score (nSPS) is 11.9. The van der Waals surface area contributed by atoms with Gasteiger partial charge in [-0.3, -0.25) is 9.79 Å². The highest BCUT2D eigenvalue weighted by Gasteiger charge is 2.09. The molecule has 3 N–H and O–H groups in total. The molecule has 1 unspecified atom stereocenters. The topological polar surface area (TPSA) is 74.8 Å². The molecular weight excluding hydrogens is 515 g/mol. The maximum absolute atomic E-state index is 12.1. The smallest absolute Gasteiger partial charge is 0.252 e. The largest absolute Gasteiger partial charge is 0.376 e. The molecule has 0 saturated carbocycles. The minimum Gasteiger partial charge on any atom is -0.376 e. The molecule has 0 heterocycles. The van der Waals surface area contributed by atoms with E-state index >= 15 is 0 Å². The lowest BCUT2D eigenvalue weighted by Gasteiger charge is -2.16. The Morgan fingerprint density at radius 1 is 1.03 bits per heavy atom. The molecule has 0 aromatic heterocycles. The number of carbonyl (C=O) groups excluding carboxylic acids is 1. The quantitative estimate of drug-likeness (QED) is 0.185. The molecule has 0 fully saturated rings. The number of nitrogens with zero attached hydrogens (tertiary/aromatic N) is 1. The second kappa shape index (κ2) is 15.0. The van der Waals surface area contributed by atoms with Crippen LogP contribution in [0.1, 0.15) is 22.8 Å². The summed E-state index contributed by atoms with van der Waals surface area (Å²) in [7, 11) is 1.72. The van der Waals surface area contributed by atoms with E-state index < -0.39 is 0 Å². The highest BCUT2D eigenvalue weighted by molar-refractivity contribution is 14.0. The lowest BCUT2D eigenvalue weighted by atomic mass is 10.2. The third-order valence-electron chi connectivity index (χ3n) is 4.18. The van der Waals surface area contributed by atoms with Crippen LogP contribution in [0.3, 0.4) is 0 Å². The van der Waals surface area contributed by atoms with Crippen molar-refractivity contribution < 1.29 is 9.53 Å². The van der Waals surface area contributed by atoms with Crippen LogP contribution >= 0.6 is 35.6 Å². The molecule has 2 aromatic rings. The summed E-state index contributed by atoms with van der Waals surface area (Å²) in [6, 6.07) is 17.1. The van der Waals surface area contributed by atoms with Gasteiger partial charge in [-0.25, -0.2) is 0 Å². The van der Waals surface area contributed by atoms with Crippen LogP contribution in [0, 0.1) is 5.92 Å². The van der Waals surface area contributed by atoms with Crippen LogP contribution in [-0.4, -0.2) is 45.2 Å². The van der Waals surface area contributed by atoms with Crippen LogP contribution < -0.4 is 16.0 Å². The number of rotatable bonds is 10. The van der Waals surface area contributed by atoms with Gasteiger partial charge in [0.2, 0.25) is 0 Å². The van der Waals surface area contributed by atoms with Gasteiger partial charge in [0.05, 0.1) is 23.8 Å². The number of halogens is 2. The van der Waals surface area contributed by atoms with Crippen LogP contribution in [0.25, 0.3) is 0 Å². The van der Waals surface area contributed by atoms with Crippen molar-refractivity contribution in [1.82, 2.24) is 16.0 Å². The van der Waals surface area contributed by atoms with Crippen molar-refractivity contribution in [1.29, 1.82) is 0 Å². The third kappa shape index (κ3) is 9.77. The van der Waals surface area contributed by atoms with Crippen molar-refractivity contribution in [3.8, 4) is 0 Å². The Balaban J connectivity index is 0.00000450. The predicted molar refractivity (Wildman–Crippen MR) is 134 cm³/mol. The van der Waals surface area contributed by atoms with E-state index in [1.807, 2.05) is 18.2 Å². The summed E-state index contributed by atoms with van der Waals surface area (Å²) < 4.78 is 5.77. The molecule has 6 nitrogen and oxygen atoms in total. The summed E-state index contributed by atoms with van der Waals surface area (Å²) in [6.45, 7) is 5.14. The molecule has 0 aliphatic carbocycles. The highest BCUT2D eigenvalue weighted by atomic mass is 127. The highest BCUT2D eigenvalue weighted by Crippen LogP contribution is 2.14. The number of aliphatic imine (C=N–C) groups is 1. The second-order valence-corrected chi connectivity index (χ2v) is 7.13. The molecule has 30 heavy (non-hydrogen) atoms. The fourth-order valence-corrected chi connectivity index (χ4v) is 2.82. The Kier molecular flexibility index (Phi) is 13.1. The number of guanidine groups is 1. The number of ether oxygens (including phenoxy) is 1. The van der Waals surface area contributed by atoms with Crippen LogP contribution in [0.4, 0.5) is 0 Å². The first-order valence-electron chi connectivity index (χ1n) is 9.69. The van der Waals surface area contributed by atoms with E-state index in [9.17, 15) is 4.79 Å². The Morgan fingerprint density at radius 2 is 1.70 bits per heavy atom. The van der Waals surface area contributed by atoms with Crippen molar-refractivity contribution in [2.45, 2.75) is 13.5 Å². The Morgan fingerprint density at radius 3 is 2.40 bits per heavy atom. The molecule has 0 radical (unpaired) electrons. The third-order valence-corrected chi connectivity index (χ3v) is 4.51. The molecule has 0 bridgehead atoms. The Labute approximate surface area is 200 Å². The van der Waals surface area contributed by atoms with E-state index in [1.54, 1.807) is 31.3 Å². The zero-order chi connectivity index (χ0) is 20.9. The number of hydrogen-bond acceptors (Lipinski definition) is 3. The SMILES string of the molecule is CN=C(NCCNC(=O)c1ccccc1Cl)NCC(C)COCc1ccccc1.I. The van der Waals surface area contributed by atoms with Crippen LogP contribution in [0.5, 0.6) is 0 Å². The van der Waals surface area contributed by atoms with Gasteiger partial charge in [0.25, 0.3) is 5.91 Å². The number of hydrogen-bond donors (Lipinski definition) is 3. The molecule has 164 valence electrons. The molecule has 0 aliphatic rings. The average Bonchev–Trinajstić information content (AvgIpc) is 2.74. The van der Waals surface area contributed by atoms with Crippen LogP contribution in [0.15, 0.2) is 59.6 Å². The van der Waals surface area contributed by atoms with Gasteiger partial charge in [0.1, 0.15) is 0 Å². The van der Waals surface area contributed by atoms with Crippen molar-refractivity contribution in [3.63, 3.8) is 0 Å². The molecule has 8 heteroatoms. The average molecular weight is 545 g/mol. The van der Waals surface area contributed by atoms with E-state index in [1.165, 1.54) is 5.56 Å². The molecule has 0 aliphatic heterocycles. The molecule has 1 atom stereocenters. The standard InChI is InChI=1S/C22H29ClN4O2.HI/c1-17(15-29-16-18-8-4-3-5-9-18)14-27-22(24-2)26-13-12-25-21(28)19-10-6-7-11-20(19)23;/h3-11,17H,12-16H2,1-2H3,(H,25,28)(H2,24,26,27);1H. The summed E-state index contributed by atoms with van der Waals surface area (Å²) in [5.41, 5.74) is 1.64. The van der Waals surface area contributed by atoms with Gasteiger partial charge in [0, 0.05) is 26.7 Å². The van der Waals surface area contributed by atoms with Crippen molar-refractivity contribution in [2.75, 3.05) is 33.3 Å². The van der Waals surface area contributed by atoms with Gasteiger partial charge in [-0.15, -0.1) is 24.0 Å². The van der Waals surface area contributed by atoms with Crippen LogP contribution in [-0.2, 0) is 11.3 Å². The molecule has 2 rings (SSSR count). The Hall–Kier alpha value is -1.84. The fourth-order valence-electron chi connectivity index (χ4n) is 2.60. The maximum Gasteiger partial charge on any atom is 0.252 e. The van der Waals surface area contributed by atoms with Crippen molar-refractivity contribution >= 4 is 47.4 Å². The number of nitrogens with one attached hydrogen (secondary N) is 3. The van der Waals surface area contributed by atoms with Crippen molar-refractivity contribution in [2.24, 2.45) is 10.9 Å². The summed E-state index contributed by atoms with van der Waals surface area (Å²) in [5.74, 6) is 0.827. The molecule has 1 amide bonds. The predicted octanol–water partition coefficient (Wildman–Crippen LogP) is 3.71. The second-order valence-electron chi connectivity index (χ2n) is 6.72. The summed E-state index contributed by atoms with van der Waals surface area (Å²) in [5, 5.41) is 9.73. The fraction of sp³-hybridized carbons (Fsp3) is 0.364. The molecule has 0 saturated heterocycles. The first-order chi connectivity index (χ1) is 14.1. The van der Waals surface area contributed by atoms with E-state index in [0.717, 1.165) is 6.54 Å². The lowest BCUT2D eigenvalue weighted by Crippen LogP contribution is -2.43. The lowest BCUT2D eigenvalue weighted by molar-refractivity contribution is 0.0930. The molecular formula is C22H30ClIN4O2. The number of carbonyl (C=O) groups is 1. The van der Waals surface area contributed by atoms with E-state index in [4.69, 9.17) is 16.3 Å². The van der Waals surface area contributed by atoms with E-state index in [0.29, 0.717) is 48.8 Å². The van der Waals surface area contributed by atoms with E-state index in [-0.39, 0.29) is 29.9 Å². The summed E-state index contributed by atoms with van der Waals surface area (Å²) in [4.78, 5) is 16.3. The minimum absolute atomic E-state index is 0. The molecule has 2 aromatic carbocycles. The summed E-state index contributed by atoms with van der Waals surface area (Å²) >= 11 is 6.03. The first-order valence-corrected chi connectivity index (χ1v) is 10.1. The van der Waals surface area contributed by atoms with Crippen molar-refractivity contribution in [3.05, 3.63) is 70.7 Å². The van der Waals surface area contributed by atoms with Gasteiger partial charge in [-0.05, 0) is 23.6 Å². The van der Waals surface area contributed by atoms with Crippen LogP contribution in [0.2, 0.25) is 5.02 Å². The number of amides is 1. The van der Waals surface area contributed by atoms with Gasteiger partial charge < -0.3 is 20.7 Å². The van der Waals surface area contributed by atoms with Gasteiger partial charge in [-0.1, -0.05) is 61.0 Å². The first kappa shape index (κ1) is 26.2. The van der Waals surface area contributed by atoms with E-state index in [2.05, 4.69) is 40.0 Å². The zero-order valence-corrected chi connectivity index (χ0v) is 20.4. The molecule has 0 spiro atoms.